The van der Waals surface area contributed by atoms with Crippen LogP contribution in [0.4, 0.5) is 0 Å². The number of carbonyl (C=O) groups is 2. The molecule has 212 valence electrons. The molecule has 1 amide bonds. The number of amidine groups is 1. The second-order valence-corrected chi connectivity index (χ2v) is 12.4. The van der Waals surface area contributed by atoms with Gasteiger partial charge in [-0.1, -0.05) is 35.9 Å². The Kier molecular flexibility index (Phi) is 8.16. The Morgan fingerprint density at radius 3 is 2.48 bits per heavy atom. The SMILES string of the molecule is CCOC(=O)C1CCN(C(=N)c2ccc(CN3CCN(S(=O)(=O)c4cc5cc(Cl)ccc5[nH]4)CC3=O)cc2)CC1. The maximum atomic E-state index is 13.2. The molecular formula is C28H32ClN5O5S. The van der Waals surface area contributed by atoms with Crippen molar-refractivity contribution in [3.63, 3.8) is 0 Å². The van der Waals surface area contributed by atoms with E-state index in [9.17, 15) is 18.0 Å². The van der Waals surface area contributed by atoms with Crippen molar-refractivity contribution < 1.29 is 22.7 Å². The normalized spacial score (nSPS) is 17.4. The predicted molar refractivity (Wildman–Crippen MR) is 152 cm³/mol. The van der Waals surface area contributed by atoms with E-state index in [1.165, 1.54) is 10.4 Å². The Bertz CT molecular complexity index is 1530. The molecule has 10 nitrogen and oxygen atoms in total. The predicted octanol–water partition coefficient (Wildman–Crippen LogP) is 3.45. The summed E-state index contributed by atoms with van der Waals surface area (Å²) in [4.78, 5) is 31.4. The highest BCUT2D eigenvalue weighted by Crippen LogP contribution is 2.26. The van der Waals surface area contributed by atoms with Crippen LogP contribution in [0.5, 0.6) is 0 Å². The highest BCUT2D eigenvalue weighted by molar-refractivity contribution is 7.89. The van der Waals surface area contributed by atoms with Gasteiger partial charge >= 0.3 is 5.97 Å². The number of fused-ring (bicyclic) bond motifs is 1. The fourth-order valence-electron chi connectivity index (χ4n) is 5.18. The molecule has 2 N–H and O–H groups in total. The van der Waals surface area contributed by atoms with Crippen LogP contribution in [0.2, 0.25) is 5.02 Å². The van der Waals surface area contributed by atoms with Gasteiger partial charge in [-0.3, -0.25) is 15.0 Å². The third-order valence-electron chi connectivity index (χ3n) is 7.49. The zero-order valence-electron chi connectivity index (χ0n) is 22.2. The molecule has 0 atom stereocenters. The summed E-state index contributed by atoms with van der Waals surface area (Å²) < 4.78 is 32.7. The molecule has 2 aliphatic heterocycles. The number of hydrogen-bond donors (Lipinski definition) is 2. The zero-order valence-corrected chi connectivity index (χ0v) is 23.8. The Morgan fingerprint density at radius 1 is 1.07 bits per heavy atom. The number of nitrogens with one attached hydrogen (secondary N) is 2. The fourth-order valence-corrected chi connectivity index (χ4v) is 6.76. The largest absolute Gasteiger partial charge is 0.466 e. The zero-order chi connectivity index (χ0) is 28.4. The Morgan fingerprint density at radius 2 is 1.80 bits per heavy atom. The van der Waals surface area contributed by atoms with Crippen molar-refractivity contribution in [2.45, 2.75) is 31.3 Å². The lowest BCUT2D eigenvalue weighted by Gasteiger charge is -2.33. The molecule has 2 aliphatic rings. The first-order valence-corrected chi connectivity index (χ1v) is 15.1. The minimum absolute atomic E-state index is 0.0363. The summed E-state index contributed by atoms with van der Waals surface area (Å²) in [5.74, 6) is -0.131. The maximum Gasteiger partial charge on any atom is 0.309 e. The topological polar surface area (TPSA) is 127 Å². The summed E-state index contributed by atoms with van der Waals surface area (Å²) in [6.07, 6.45) is 1.33. The molecule has 3 heterocycles. The molecule has 2 aromatic carbocycles. The van der Waals surface area contributed by atoms with Gasteiger partial charge in [0.25, 0.3) is 10.0 Å². The smallest absolute Gasteiger partial charge is 0.309 e. The van der Waals surface area contributed by atoms with E-state index in [1.54, 1.807) is 30.0 Å². The van der Waals surface area contributed by atoms with Crippen LogP contribution >= 0.6 is 11.6 Å². The highest BCUT2D eigenvalue weighted by Gasteiger charge is 2.34. The molecule has 0 radical (unpaired) electrons. The summed E-state index contributed by atoms with van der Waals surface area (Å²) in [6, 6.07) is 14.1. The number of amides is 1. The number of rotatable bonds is 7. The van der Waals surface area contributed by atoms with Crippen molar-refractivity contribution in [1.82, 2.24) is 19.1 Å². The standard InChI is InChI=1S/C28H32ClN5O5S/c1-2-39-28(36)21-9-11-32(12-10-21)27(30)20-5-3-19(4-6-20)17-33-13-14-34(18-26(33)35)40(37,38)25-16-22-15-23(29)7-8-24(22)31-25/h3-8,15-16,21,30-31H,2,9-14,17-18H2,1H3. The average Bonchev–Trinajstić information content (AvgIpc) is 3.38. The van der Waals surface area contributed by atoms with Gasteiger partial charge in [0.15, 0.2) is 0 Å². The van der Waals surface area contributed by atoms with Crippen LogP contribution in [0.1, 0.15) is 30.9 Å². The number of piperazine rings is 1. The van der Waals surface area contributed by atoms with Crippen molar-refractivity contribution in [3.05, 3.63) is 64.7 Å². The van der Waals surface area contributed by atoms with Crippen LogP contribution in [0, 0.1) is 11.3 Å². The third kappa shape index (κ3) is 5.86. The molecule has 0 unspecified atom stereocenters. The fraction of sp³-hybridized carbons (Fsp3) is 0.393. The van der Waals surface area contributed by atoms with Gasteiger partial charge in [0.2, 0.25) is 5.91 Å². The van der Waals surface area contributed by atoms with Gasteiger partial charge < -0.3 is 19.5 Å². The minimum atomic E-state index is -3.87. The molecule has 3 aromatic rings. The number of ether oxygens (including phenoxy) is 1. The summed E-state index contributed by atoms with van der Waals surface area (Å²) >= 11 is 6.02. The number of H-pyrrole nitrogens is 1. The van der Waals surface area contributed by atoms with Crippen LogP contribution in [0.15, 0.2) is 53.6 Å². The number of carbonyl (C=O) groups excluding carboxylic acids is 2. The Hall–Kier alpha value is -3.41. The van der Waals surface area contributed by atoms with Gasteiger partial charge in [-0.2, -0.15) is 4.31 Å². The number of piperidine rings is 1. The molecule has 40 heavy (non-hydrogen) atoms. The molecule has 1 aromatic heterocycles. The van der Waals surface area contributed by atoms with E-state index in [1.807, 2.05) is 29.2 Å². The monoisotopic (exact) mass is 585 g/mol. The summed E-state index contributed by atoms with van der Waals surface area (Å²) in [7, 11) is -3.87. The number of aromatic nitrogens is 1. The maximum absolute atomic E-state index is 13.2. The number of halogens is 1. The van der Waals surface area contributed by atoms with E-state index < -0.39 is 10.0 Å². The molecule has 2 fully saturated rings. The Balaban J connectivity index is 1.16. The van der Waals surface area contributed by atoms with Gasteiger partial charge in [0.1, 0.15) is 10.9 Å². The third-order valence-corrected chi connectivity index (χ3v) is 9.49. The molecule has 5 rings (SSSR count). The lowest BCUT2D eigenvalue weighted by molar-refractivity contribution is -0.149. The van der Waals surface area contributed by atoms with E-state index >= 15 is 0 Å². The number of likely N-dealkylation sites (tertiary alicyclic amines) is 1. The van der Waals surface area contributed by atoms with E-state index in [-0.39, 0.29) is 42.5 Å². The lowest BCUT2D eigenvalue weighted by atomic mass is 9.96. The van der Waals surface area contributed by atoms with Gasteiger partial charge in [-0.05, 0) is 49.6 Å². The molecule has 0 saturated carbocycles. The summed E-state index contributed by atoms with van der Waals surface area (Å²) in [5.41, 5.74) is 2.32. The number of hydrogen-bond acceptors (Lipinski definition) is 6. The van der Waals surface area contributed by atoms with Crippen LogP contribution in [0.3, 0.4) is 0 Å². The molecule has 2 saturated heterocycles. The van der Waals surface area contributed by atoms with Crippen molar-refractivity contribution in [3.8, 4) is 0 Å². The van der Waals surface area contributed by atoms with E-state index in [4.69, 9.17) is 21.7 Å². The Labute approximate surface area is 238 Å². The van der Waals surface area contributed by atoms with Crippen molar-refractivity contribution in [2.75, 3.05) is 39.3 Å². The van der Waals surface area contributed by atoms with E-state index in [0.717, 1.165) is 11.1 Å². The first kappa shape index (κ1) is 28.1. The van der Waals surface area contributed by atoms with Crippen molar-refractivity contribution >= 4 is 50.2 Å². The molecular weight excluding hydrogens is 554 g/mol. The van der Waals surface area contributed by atoms with E-state index in [2.05, 4.69) is 4.98 Å². The number of esters is 1. The van der Waals surface area contributed by atoms with E-state index in [0.29, 0.717) is 60.8 Å². The number of benzene rings is 2. The highest BCUT2D eigenvalue weighted by atomic mass is 35.5. The van der Waals surface area contributed by atoms with Gasteiger partial charge in [-0.25, -0.2) is 8.42 Å². The van der Waals surface area contributed by atoms with Crippen molar-refractivity contribution in [1.29, 1.82) is 5.41 Å². The van der Waals surface area contributed by atoms with Crippen molar-refractivity contribution in [2.24, 2.45) is 5.92 Å². The summed E-state index contributed by atoms with van der Waals surface area (Å²) in [6.45, 7) is 4.01. The first-order chi connectivity index (χ1) is 19.2. The lowest BCUT2D eigenvalue weighted by Crippen LogP contribution is -2.51. The second-order valence-electron chi connectivity index (χ2n) is 10.1. The number of aromatic amines is 1. The van der Waals surface area contributed by atoms with Crippen LogP contribution in [-0.2, 0) is 30.9 Å². The summed E-state index contributed by atoms with van der Waals surface area (Å²) in [5, 5.41) is 9.84. The molecule has 0 aliphatic carbocycles. The van der Waals surface area contributed by atoms with Gasteiger partial charge in [-0.15, -0.1) is 0 Å². The quantitative estimate of drug-likeness (QED) is 0.248. The van der Waals surface area contributed by atoms with Gasteiger partial charge in [0.05, 0.1) is 19.1 Å². The first-order valence-electron chi connectivity index (χ1n) is 13.3. The average molecular weight is 586 g/mol. The molecule has 0 bridgehead atoms. The second kappa shape index (κ2) is 11.6. The molecule has 12 heteroatoms. The number of nitrogens with zero attached hydrogens (tertiary/aromatic N) is 3. The van der Waals surface area contributed by atoms with Crippen LogP contribution in [-0.4, -0.2) is 84.5 Å². The molecule has 0 spiro atoms. The van der Waals surface area contributed by atoms with Gasteiger partial charge in [0, 0.05) is 54.2 Å². The van der Waals surface area contributed by atoms with Crippen LogP contribution in [0.25, 0.3) is 10.9 Å². The number of sulfonamides is 1. The van der Waals surface area contributed by atoms with Crippen LogP contribution < -0.4 is 0 Å². The minimum Gasteiger partial charge on any atom is -0.466 e.